The van der Waals surface area contributed by atoms with Crippen LogP contribution in [0, 0.1) is 4.77 Å². The van der Waals surface area contributed by atoms with Crippen LogP contribution >= 0.6 is 12.2 Å². The van der Waals surface area contributed by atoms with Gasteiger partial charge in [-0.1, -0.05) is 20.3 Å². The molecule has 1 N–H and O–H groups in total. The number of rotatable bonds is 8. The van der Waals surface area contributed by atoms with Crippen LogP contribution in [0.1, 0.15) is 44.5 Å². The summed E-state index contributed by atoms with van der Waals surface area (Å²) >= 11 is 5.22. The lowest BCUT2D eigenvalue weighted by Crippen LogP contribution is -1.99. The Labute approximate surface area is 136 Å². The van der Waals surface area contributed by atoms with E-state index in [-0.39, 0.29) is 0 Å². The number of nitrogens with zero attached hydrogens (tertiary/aromatic N) is 3. The van der Waals surface area contributed by atoms with Gasteiger partial charge in [-0.15, -0.1) is 0 Å². The van der Waals surface area contributed by atoms with Crippen LogP contribution in [-0.4, -0.2) is 27.7 Å². The summed E-state index contributed by atoms with van der Waals surface area (Å²) in [6, 6.07) is 7.85. The third-order valence-electron chi connectivity index (χ3n) is 3.15. The Kier molecular flexibility index (Phi) is 6.33. The van der Waals surface area contributed by atoms with Crippen molar-refractivity contribution in [2.75, 3.05) is 6.61 Å². The van der Waals surface area contributed by atoms with Crippen molar-refractivity contribution < 1.29 is 4.74 Å². The van der Waals surface area contributed by atoms with Crippen molar-refractivity contribution in [3.8, 4) is 5.75 Å². The van der Waals surface area contributed by atoms with Crippen LogP contribution in [0.25, 0.3) is 0 Å². The highest BCUT2D eigenvalue weighted by Gasteiger charge is 2.03. The zero-order chi connectivity index (χ0) is 15.8. The molecular weight excluding hydrogens is 296 g/mol. The third-order valence-corrected chi connectivity index (χ3v) is 3.41. The first-order chi connectivity index (χ1) is 10.7. The normalized spacial score (nSPS) is 11.2. The highest BCUT2D eigenvalue weighted by atomic mass is 32.1. The maximum absolute atomic E-state index is 5.56. The fourth-order valence-electron chi connectivity index (χ4n) is 1.93. The van der Waals surface area contributed by atoms with Crippen molar-refractivity contribution in [2.45, 2.75) is 39.5 Å². The number of benzene rings is 1. The highest BCUT2D eigenvalue weighted by Crippen LogP contribution is 2.11. The number of H-pyrrole nitrogens is 1. The molecule has 118 valence electrons. The van der Waals surface area contributed by atoms with Gasteiger partial charge in [0, 0.05) is 6.42 Å². The molecule has 22 heavy (non-hydrogen) atoms. The second-order valence-electron chi connectivity index (χ2n) is 5.02. The quantitative estimate of drug-likeness (QED) is 0.592. The second-order valence-corrected chi connectivity index (χ2v) is 5.41. The second kappa shape index (κ2) is 8.48. The molecular formula is C16H22N4OS. The SMILES string of the molecule is CCCCc1n[nH]c(=S)n1/N=C/c1ccc(OCCC)cc1. The van der Waals surface area contributed by atoms with E-state index in [2.05, 4.69) is 29.1 Å². The fourth-order valence-corrected chi connectivity index (χ4v) is 2.13. The molecule has 0 aliphatic heterocycles. The first-order valence-electron chi connectivity index (χ1n) is 7.68. The van der Waals surface area contributed by atoms with E-state index in [1.807, 2.05) is 24.3 Å². The van der Waals surface area contributed by atoms with Crippen molar-refractivity contribution in [3.63, 3.8) is 0 Å². The van der Waals surface area contributed by atoms with Gasteiger partial charge in [0.05, 0.1) is 12.8 Å². The Bertz CT molecular complexity index is 658. The van der Waals surface area contributed by atoms with Crippen LogP contribution in [0.5, 0.6) is 5.75 Å². The topological polar surface area (TPSA) is 55.2 Å². The molecule has 2 rings (SSSR count). The standard InChI is InChI=1S/C16H22N4OS/c1-3-5-6-15-18-19-16(22)20(15)17-12-13-7-9-14(10-8-13)21-11-4-2/h7-10,12H,3-6,11H2,1-2H3,(H,19,22)/b17-12+. The predicted molar refractivity (Wildman–Crippen MR) is 91.2 cm³/mol. The van der Waals surface area contributed by atoms with E-state index in [0.717, 1.165) is 49.4 Å². The smallest absolute Gasteiger partial charge is 0.216 e. The van der Waals surface area contributed by atoms with Crippen LogP contribution in [0.3, 0.4) is 0 Å². The lowest BCUT2D eigenvalue weighted by atomic mass is 10.2. The van der Waals surface area contributed by atoms with E-state index in [1.54, 1.807) is 10.9 Å². The molecule has 0 amide bonds. The van der Waals surface area contributed by atoms with E-state index < -0.39 is 0 Å². The first kappa shape index (κ1) is 16.4. The molecule has 0 aliphatic rings. The molecule has 1 aromatic heterocycles. The Morgan fingerprint density at radius 2 is 2.05 bits per heavy atom. The lowest BCUT2D eigenvalue weighted by molar-refractivity contribution is 0.317. The Hall–Kier alpha value is -1.95. The van der Waals surface area contributed by atoms with Gasteiger partial charge < -0.3 is 4.74 Å². The summed E-state index contributed by atoms with van der Waals surface area (Å²) in [5.41, 5.74) is 0.994. The van der Waals surface area contributed by atoms with Crippen molar-refractivity contribution in [1.29, 1.82) is 0 Å². The van der Waals surface area contributed by atoms with Crippen LogP contribution < -0.4 is 4.74 Å². The molecule has 1 aromatic carbocycles. The summed E-state index contributed by atoms with van der Waals surface area (Å²) in [4.78, 5) is 0. The van der Waals surface area contributed by atoms with E-state index in [1.165, 1.54) is 0 Å². The van der Waals surface area contributed by atoms with Gasteiger partial charge in [0.1, 0.15) is 5.75 Å². The van der Waals surface area contributed by atoms with Gasteiger partial charge >= 0.3 is 0 Å². The molecule has 0 spiro atoms. The minimum atomic E-state index is 0.519. The summed E-state index contributed by atoms with van der Waals surface area (Å²) in [6.45, 7) is 4.97. The Morgan fingerprint density at radius 1 is 1.27 bits per heavy atom. The number of aromatic nitrogens is 3. The van der Waals surface area contributed by atoms with E-state index in [4.69, 9.17) is 17.0 Å². The van der Waals surface area contributed by atoms with Gasteiger partial charge in [-0.25, -0.2) is 0 Å². The highest BCUT2D eigenvalue weighted by molar-refractivity contribution is 7.71. The van der Waals surface area contributed by atoms with Crippen molar-refractivity contribution in [2.24, 2.45) is 5.10 Å². The van der Waals surface area contributed by atoms with Crippen LogP contribution in [0.2, 0.25) is 0 Å². The summed E-state index contributed by atoms with van der Waals surface area (Å²) in [5.74, 6) is 1.74. The first-order valence-corrected chi connectivity index (χ1v) is 8.09. The van der Waals surface area contributed by atoms with Gasteiger partial charge in [0.25, 0.3) is 0 Å². The molecule has 5 nitrogen and oxygen atoms in total. The molecule has 0 saturated carbocycles. The van der Waals surface area contributed by atoms with Gasteiger partial charge in [0.15, 0.2) is 5.82 Å². The molecule has 2 aromatic rings. The fraction of sp³-hybridized carbons (Fsp3) is 0.438. The molecule has 0 fully saturated rings. The maximum Gasteiger partial charge on any atom is 0.216 e. The number of aryl methyl sites for hydroxylation is 1. The summed E-state index contributed by atoms with van der Waals surface area (Å²) < 4.78 is 7.77. The number of unbranched alkanes of at least 4 members (excludes halogenated alkanes) is 1. The average Bonchev–Trinajstić information content (AvgIpc) is 2.90. The van der Waals surface area contributed by atoms with E-state index in [9.17, 15) is 0 Å². The number of hydrogen-bond donors (Lipinski definition) is 1. The number of nitrogens with one attached hydrogen (secondary N) is 1. The molecule has 6 heteroatoms. The number of hydrogen-bond acceptors (Lipinski definition) is 4. The van der Waals surface area contributed by atoms with Crippen LogP contribution in [0.15, 0.2) is 29.4 Å². The molecule has 0 bridgehead atoms. The number of aromatic amines is 1. The zero-order valence-corrected chi connectivity index (χ0v) is 13.9. The Morgan fingerprint density at radius 3 is 2.73 bits per heavy atom. The lowest BCUT2D eigenvalue weighted by Gasteiger charge is -2.04. The number of ether oxygens (including phenoxy) is 1. The van der Waals surface area contributed by atoms with Gasteiger partial charge in [0.2, 0.25) is 4.77 Å². The average molecular weight is 318 g/mol. The van der Waals surface area contributed by atoms with Gasteiger partial charge in [-0.2, -0.15) is 14.9 Å². The molecule has 0 radical (unpaired) electrons. The van der Waals surface area contributed by atoms with Gasteiger partial charge in [-0.05, 0) is 54.9 Å². The molecule has 1 heterocycles. The Balaban J connectivity index is 2.08. The van der Waals surface area contributed by atoms with Crippen molar-refractivity contribution >= 4 is 18.4 Å². The van der Waals surface area contributed by atoms with Crippen molar-refractivity contribution in [3.05, 3.63) is 40.4 Å². The predicted octanol–water partition coefficient (Wildman–Crippen LogP) is 3.95. The molecule has 0 aliphatic carbocycles. The summed E-state index contributed by atoms with van der Waals surface area (Å²) in [7, 11) is 0. The molecule has 0 unspecified atom stereocenters. The minimum absolute atomic E-state index is 0.519. The van der Waals surface area contributed by atoms with Gasteiger partial charge in [-0.3, -0.25) is 5.10 Å². The minimum Gasteiger partial charge on any atom is -0.494 e. The van der Waals surface area contributed by atoms with E-state index >= 15 is 0 Å². The van der Waals surface area contributed by atoms with Crippen LogP contribution in [0.4, 0.5) is 0 Å². The monoisotopic (exact) mass is 318 g/mol. The van der Waals surface area contributed by atoms with Crippen molar-refractivity contribution in [1.82, 2.24) is 14.9 Å². The molecule has 0 atom stereocenters. The van der Waals surface area contributed by atoms with E-state index in [0.29, 0.717) is 4.77 Å². The molecule has 0 saturated heterocycles. The maximum atomic E-state index is 5.56. The summed E-state index contributed by atoms with van der Waals surface area (Å²) in [6.07, 6.45) is 5.83. The third kappa shape index (κ3) is 4.53. The largest absolute Gasteiger partial charge is 0.494 e. The summed E-state index contributed by atoms with van der Waals surface area (Å²) in [5, 5.41) is 11.5. The van der Waals surface area contributed by atoms with Crippen LogP contribution in [-0.2, 0) is 6.42 Å². The zero-order valence-electron chi connectivity index (χ0n) is 13.1.